The summed E-state index contributed by atoms with van der Waals surface area (Å²) in [6.45, 7) is 12.3. The fourth-order valence-electron chi connectivity index (χ4n) is 2.80. The van der Waals surface area contributed by atoms with E-state index in [-0.39, 0.29) is 61.6 Å². The molecule has 1 rings (SSSR count). The quantitative estimate of drug-likeness (QED) is 0.198. The van der Waals surface area contributed by atoms with Crippen molar-refractivity contribution in [3.05, 3.63) is 23.8 Å². The van der Waals surface area contributed by atoms with Crippen molar-refractivity contribution in [3.8, 4) is 5.75 Å². The molecule has 0 spiro atoms. The van der Waals surface area contributed by atoms with E-state index in [0.29, 0.717) is 6.42 Å². The van der Waals surface area contributed by atoms with Crippen LogP contribution in [-0.2, 0) is 48.0 Å². The Bertz CT molecular complexity index is 907. The van der Waals surface area contributed by atoms with Crippen molar-refractivity contribution >= 4 is 32.4 Å². The van der Waals surface area contributed by atoms with Gasteiger partial charge in [-0.15, -0.1) is 0 Å². The molecule has 0 aromatic heterocycles. The second-order valence-electron chi connectivity index (χ2n) is 8.15. The lowest BCUT2D eigenvalue weighted by Crippen LogP contribution is -2.18. The first kappa shape index (κ1) is 35.3. The molecule has 0 atom stereocenters. The molecule has 13 heteroatoms. The van der Waals surface area contributed by atoms with E-state index in [9.17, 15) is 18.7 Å². The average Bonchev–Trinajstić information content (AvgIpc) is 2.81. The van der Waals surface area contributed by atoms with Crippen LogP contribution in [0.15, 0.2) is 18.2 Å². The van der Waals surface area contributed by atoms with E-state index in [4.69, 9.17) is 27.9 Å². The van der Waals surface area contributed by atoms with Gasteiger partial charge in [0.1, 0.15) is 11.1 Å². The lowest BCUT2D eigenvalue weighted by Gasteiger charge is -2.25. The zero-order chi connectivity index (χ0) is 28.6. The Labute approximate surface area is 220 Å². The van der Waals surface area contributed by atoms with Gasteiger partial charge in [0, 0.05) is 12.8 Å². The standard InChI is InChI=1S/C21H36O9P2.C3H6O2/c1-8-27-32(24,28-9-2)20-14-18(11-13-21(22)25-7)10-12-19(20)26-15-31(23,29-16(3)4)30-17(5)6;1-2-3(4)5/h10,12,14,16-17H,8-9,11,13,15H2,1-7H3;2H2,1H3,(H,4,5). The van der Waals surface area contributed by atoms with Crippen LogP contribution in [0.1, 0.15) is 66.9 Å². The Hall–Kier alpha value is -1.74. The summed E-state index contributed by atoms with van der Waals surface area (Å²) in [4.78, 5) is 20.9. The predicted octanol–water partition coefficient (Wildman–Crippen LogP) is 5.54. The van der Waals surface area contributed by atoms with Gasteiger partial charge < -0.3 is 32.7 Å². The molecular formula is C24H42O11P2. The number of benzene rings is 1. The summed E-state index contributed by atoms with van der Waals surface area (Å²) in [5, 5.41) is 7.91. The number of aryl methyl sites for hydroxylation is 1. The summed E-state index contributed by atoms with van der Waals surface area (Å²) in [5.41, 5.74) is 0.720. The smallest absolute Gasteiger partial charge is 0.368 e. The highest BCUT2D eigenvalue weighted by atomic mass is 31.2. The number of ether oxygens (including phenoxy) is 2. The van der Waals surface area contributed by atoms with Crippen molar-refractivity contribution in [1.82, 2.24) is 0 Å². The maximum absolute atomic E-state index is 13.5. The number of hydrogen-bond acceptors (Lipinski definition) is 10. The van der Waals surface area contributed by atoms with Gasteiger partial charge in [0.2, 0.25) is 0 Å². The molecule has 0 saturated heterocycles. The molecule has 37 heavy (non-hydrogen) atoms. The van der Waals surface area contributed by atoms with Crippen molar-refractivity contribution in [2.75, 3.05) is 26.7 Å². The zero-order valence-corrected chi connectivity index (χ0v) is 24.8. The van der Waals surface area contributed by atoms with E-state index in [0.717, 1.165) is 5.56 Å². The van der Waals surface area contributed by atoms with Crippen molar-refractivity contribution in [1.29, 1.82) is 0 Å². The lowest BCUT2D eigenvalue weighted by atomic mass is 10.1. The van der Waals surface area contributed by atoms with Crippen molar-refractivity contribution in [2.24, 2.45) is 0 Å². The normalized spacial score (nSPS) is 11.7. The Kier molecular flexibility index (Phi) is 16.9. The van der Waals surface area contributed by atoms with Crippen LogP contribution in [-0.4, -0.2) is 55.9 Å². The fourth-order valence-corrected chi connectivity index (χ4v) is 6.31. The molecule has 214 valence electrons. The number of carbonyl (C=O) groups is 2. The number of carbonyl (C=O) groups excluding carboxylic acids is 1. The predicted molar refractivity (Wildman–Crippen MR) is 141 cm³/mol. The number of carboxylic acids is 1. The molecule has 0 radical (unpaired) electrons. The molecule has 1 aromatic rings. The Morgan fingerprint density at radius 2 is 1.46 bits per heavy atom. The minimum atomic E-state index is -3.74. The molecule has 0 fully saturated rings. The van der Waals surface area contributed by atoms with Gasteiger partial charge in [-0.3, -0.25) is 18.7 Å². The highest BCUT2D eigenvalue weighted by Gasteiger charge is 2.34. The largest absolute Gasteiger partial charge is 0.481 e. The summed E-state index contributed by atoms with van der Waals surface area (Å²) in [6.07, 6.45) is -0.328. The topological polar surface area (TPSA) is 144 Å². The van der Waals surface area contributed by atoms with Gasteiger partial charge in [-0.2, -0.15) is 0 Å². The summed E-state index contributed by atoms with van der Waals surface area (Å²) >= 11 is 0. The van der Waals surface area contributed by atoms with Crippen molar-refractivity contribution in [3.63, 3.8) is 0 Å². The Morgan fingerprint density at radius 1 is 0.946 bits per heavy atom. The number of rotatable bonds is 16. The van der Waals surface area contributed by atoms with Gasteiger partial charge in [-0.05, 0) is 65.7 Å². The van der Waals surface area contributed by atoms with Crippen molar-refractivity contribution < 1.29 is 51.4 Å². The third-order valence-corrected chi connectivity index (χ3v) is 8.25. The molecule has 0 amide bonds. The van der Waals surface area contributed by atoms with E-state index in [1.54, 1.807) is 66.7 Å². The second-order valence-corrected chi connectivity index (χ2v) is 12.0. The first-order chi connectivity index (χ1) is 17.3. The van der Waals surface area contributed by atoms with Gasteiger partial charge in [0.25, 0.3) is 0 Å². The minimum absolute atomic E-state index is 0.147. The first-order valence-corrected chi connectivity index (χ1v) is 15.4. The molecule has 0 bridgehead atoms. The summed E-state index contributed by atoms with van der Waals surface area (Å²) in [6, 6.07) is 4.92. The molecule has 11 nitrogen and oxygen atoms in total. The molecular weight excluding hydrogens is 526 g/mol. The molecule has 0 heterocycles. The summed E-state index contributed by atoms with van der Waals surface area (Å²) in [7, 11) is -6.02. The highest BCUT2D eigenvalue weighted by molar-refractivity contribution is 7.62. The maximum atomic E-state index is 13.5. The molecule has 0 unspecified atom stereocenters. The van der Waals surface area contributed by atoms with Gasteiger partial charge in [0.15, 0.2) is 6.35 Å². The molecule has 0 saturated carbocycles. The van der Waals surface area contributed by atoms with Crippen LogP contribution in [0.3, 0.4) is 0 Å². The average molecular weight is 569 g/mol. The monoisotopic (exact) mass is 568 g/mol. The van der Waals surface area contributed by atoms with E-state index in [1.807, 2.05) is 0 Å². The number of hydrogen-bond donors (Lipinski definition) is 1. The summed E-state index contributed by atoms with van der Waals surface area (Å²) in [5.74, 6) is -0.927. The van der Waals surface area contributed by atoms with Crippen molar-refractivity contribution in [2.45, 2.75) is 79.9 Å². The molecule has 0 aliphatic heterocycles. The second kappa shape index (κ2) is 17.7. The van der Waals surface area contributed by atoms with Crippen LogP contribution in [0, 0.1) is 0 Å². The lowest BCUT2D eigenvalue weighted by molar-refractivity contribution is -0.140. The van der Waals surface area contributed by atoms with Gasteiger partial charge in [0.05, 0.1) is 32.5 Å². The third kappa shape index (κ3) is 14.1. The van der Waals surface area contributed by atoms with Crippen LogP contribution >= 0.6 is 15.2 Å². The van der Waals surface area contributed by atoms with Gasteiger partial charge in [-0.25, -0.2) is 0 Å². The van der Waals surface area contributed by atoms with Crippen LogP contribution in [0.5, 0.6) is 5.75 Å². The maximum Gasteiger partial charge on any atom is 0.368 e. The molecule has 0 aliphatic rings. The molecule has 1 N–H and O–H groups in total. The Morgan fingerprint density at radius 3 is 1.86 bits per heavy atom. The van der Waals surface area contributed by atoms with Gasteiger partial charge in [-0.1, -0.05) is 13.0 Å². The Balaban J connectivity index is 0.00000235. The SMILES string of the molecule is CCC(=O)O.CCOP(=O)(OCC)c1cc(CCC(=O)OC)ccc1OCP(=O)(OC(C)C)OC(C)C. The van der Waals surface area contributed by atoms with E-state index >= 15 is 0 Å². The van der Waals surface area contributed by atoms with Gasteiger partial charge >= 0.3 is 27.1 Å². The number of methoxy groups -OCH3 is 1. The molecule has 0 aliphatic carbocycles. The first-order valence-electron chi connectivity index (χ1n) is 12.2. The fraction of sp³-hybridized carbons (Fsp3) is 0.667. The molecule has 1 aromatic carbocycles. The minimum Gasteiger partial charge on any atom is -0.481 e. The van der Waals surface area contributed by atoms with E-state index in [1.165, 1.54) is 7.11 Å². The number of aliphatic carboxylic acids is 1. The summed E-state index contributed by atoms with van der Waals surface area (Å²) < 4.78 is 59.2. The van der Waals surface area contributed by atoms with Crippen LogP contribution in [0.2, 0.25) is 0 Å². The van der Waals surface area contributed by atoms with Crippen LogP contribution in [0.4, 0.5) is 0 Å². The third-order valence-electron chi connectivity index (χ3n) is 4.19. The van der Waals surface area contributed by atoms with Crippen LogP contribution in [0.25, 0.3) is 0 Å². The zero-order valence-electron chi connectivity index (χ0n) is 23.1. The number of carboxylic acid groups (broad SMARTS) is 1. The van der Waals surface area contributed by atoms with E-state index < -0.39 is 21.2 Å². The number of esters is 1. The van der Waals surface area contributed by atoms with Crippen LogP contribution < -0.4 is 10.0 Å². The highest BCUT2D eigenvalue weighted by Crippen LogP contribution is 2.52. The van der Waals surface area contributed by atoms with E-state index in [2.05, 4.69) is 4.74 Å².